The molecule has 2 aromatic rings. The van der Waals surface area contributed by atoms with E-state index in [4.69, 9.17) is 9.84 Å². The third-order valence-electron chi connectivity index (χ3n) is 3.84. The Balaban J connectivity index is 2.00. The van der Waals surface area contributed by atoms with Gasteiger partial charge in [-0.1, -0.05) is 18.9 Å². The highest BCUT2D eigenvalue weighted by Gasteiger charge is 2.22. The second-order valence-corrected chi connectivity index (χ2v) is 5.09. The molecule has 0 bridgehead atoms. The monoisotopic (exact) mass is 259 g/mol. The maximum absolute atomic E-state index is 10.7. The Morgan fingerprint density at radius 3 is 2.89 bits per heavy atom. The number of rotatable bonds is 4. The molecule has 0 radical (unpaired) electrons. The number of hydrogen-bond acceptors (Lipinski definition) is 2. The largest absolute Gasteiger partial charge is 0.481 e. The van der Waals surface area contributed by atoms with E-state index >= 15 is 0 Å². The fourth-order valence-corrected chi connectivity index (χ4v) is 3.00. The van der Waals surface area contributed by atoms with Gasteiger partial charge in [-0.2, -0.15) is 0 Å². The van der Waals surface area contributed by atoms with E-state index in [0.29, 0.717) is 11.7 Å². The molecule has 0 spiro atoms. The van der Waals surface area contributed by atoms with Gasteiger partial charge in [-0.3, -0.25) is 0 Å². The first-order valence-electron chi connectivity index (χ1n) is 6.70. The van der Waals surface area contributed by atoms with Crippen LogP contribution in [0.5, 0.6) is 5.75 Å². The first-order valence-corrected chi connectivity index (χ1v) is 6.70. The van der Waals surface area contributed by atoms with Crippen LogP contribution in [0.3, 0.4) is 0 Å². The van der Waals surface area contributed by atoms with Crippen LogP contribution < -0.4 is 4.74 Å². The van der Waals surface area contributed by atoms with Crippen LogP contribution in [-0.2, 0) is 4.79 Å². The predicted octanol–water partition coefficient (Wildman–Crippen LogP) is 3.29. The van der Waals surface area contributed by atoms with Crippen LogP contribution in [0.15, 0.2) is 24.4 Å². The first-order chi connectivity index (χ1) is 9.25. The molecule has 2 N–H and O–H groups in total. The summed E-state index contributed by atoms with van der Waals surface area (Å²) >= 11 is 0. The molecule has 1 aliphatic carbocycles. The summed E-state index contributed by atoms with van der Waals surface area (Å²) in [4.78, 5) is 13.9. The molecular formula is C15H17NO3. The van der Waals surface area contributed by atoms with Crippen molar-refractivity contribution in [2.45, 2.75) is 31.6 Å². The van der Waals surface area contributed by atoms with Gasteiger partial charge in [0.1, 0.15) is 5.75 Å². The Labute approximate surface area is 111 Å². The van der Waals surface area contributed by atoms with Crippen LogP contribution in [0, 0.1) is 0 Å². The van der Waals surface area contributed by atoms with Gasteiger partial charge in [-0.25, -0.2) is 4.79 Å². The predicted molar refractivity (Wildman–Crippen MR) is 72.6 cm³/mol. The molecule has 1 aromatic carbocycles. The summed E-state index contributed by atoms with van der Waals surface area (Å²) in [5.41, 5.74) is 2.29. The van der Waals surface area contributed by atoms with Crippen molar-refractivity contribution in [1.29, 1.82) is 0 Å². The molecule has 1 heterocycles. The lowest BCUT2D eigenvalue weighted by Crippen LogP contribution is -2.09. The molecule has 4 heteroatoms. The van der Waals surface area contributed by atoms with Gasteiger partial charge in [-0.05, 0) is 36.5 Å². The quantitative estimate of drug-likeness (QED) is 0.885. The Bertz CT molecular complexity index is 596. The molecule has 4 nitrogen and oxygen atoms in total. The van der Waals surface area contributed by atoms with Gasteiger partial charge in [0.25, 0.3) is 0 Å². The summed E-state index contributed by atoms with van der Waals surface area (Å²) in [5.74, 6) is 0.293. The number of fused-ring (bicyclic) bond motifs is 1. The van der Waals surface area contributed by atoms with Crippen molar-refractivity contribution in [2.24, 2.45) is 0 Å². The summed E-state index contributed by atoms with van der Waals surface area (Å²) in [6.07, 6.45) is 7.01. The number of aromatic nitrogens is 1. The lowest BCUT2D eigenvalue weighted by Gasteiger charge is -2.11. The minimum Gasteiger partial charge on any atom is -0.481 e. The number of carboxylic acid groups (broad SMARTS) is 1. The van der Waals surface area contributed by atoms with Crippen molar-refractivity contribution in [1.82, 2.24) is 4.98 Å². The van der Waals surface area contributed by atoms with Gasteiger partial charge in [0.05, 0.1) is 0 Å². The molecule has 1 saturated carbocycles. The zero-order valence-corrected chi connectivity index (χ0v) is 10.7. The van der Waals surface area contributed by atoms with E-state index < -0.39 is 5.97 Å². The average Bonchev–Trinajstić information content (AvgIpc) is 3.04. The second kappa shape index (κ2) is 4.96. The van der Waals surface area contributed by atoms with Crippen LogP contribution in [0.1, 0.15) is 37.2 Å². The molecule has 1 fully saturated rings. The lowest BCUT2D eigenvalue weighted by atomic mass is 9.97. The van der Waals surface area contributed by atoms with E-state index in [9.17, 15) is 4.79 Å². The zero-order valence-electron chi connectivity index (χ0n) is 10.7. The highest BCUT2D eigenvalue weighted by Crippen LogP contribution is 2.40. The number of aromatic amines is 1. The molecule has 1 aliphatic rings. The number of carbonyl (C=O) groups is 1. The molecule has 100 valence electrons. The average molecular weight is 259 g/mol. The van der Waals surface area contributed by atoms with Crippen molar-refractivity contribution < 1.29 is 14.6 Å². The zero-order chi connectivity index (χ0) is 13.2. The number of ether oxygens (including phenoxy) is 1. The van der Waals surface area contributed by atoms with Gasteiger partial charge < -0.3 is 14.8 Å². The highest BCUT2D eigenvalue weighted by molar-refractivity contribution is 5.90. The van der Waals surface area contributed by atoms with E-state index in [1.54, 1.807) is 0 Å². The summed E-state index contributed by atoms with van der Waals surface area (Å²) in [6.45, 7) is -0.297. The van der Waals surface area contributed by atoms with Gasteiger partial charge >= 0.3 is 5.97 Å². The minimum absolute atomic E-state index is 0.297. The standard InChI is InChI=1S/C15H17NO3/c17-14(18)9-19-13-7-3-6-12-15(13)11(8-16-12)10-4-1-2-5-10/h3,6-8,10,16H,1-2,4-5,9H2,(H,17,18). The fraction of sp³-hybridized carbons (Fsp3) is 0.400. The highest BCUT2D eigenvalue weighted by atomic mass is 16.5. The van der Waals surface area contributed by atoms with Gasteiger partial charge in [0.15, 0.2) is 6.61 Å². The van der Waals surface area contributed by atoms with Crippen molar-refractivity contribution >= 4 is 16.9 Å². The molecule has 0 unspecified atom stereocenters. The van der Waals surface area contributed by atoms with Crippen molar-refractivity contribution in [3.8, 4) is 5.75 Å². The fourth-order valence-electron chi connectivity index (χ4n) is 3.00. The van der Waals surface area contributed by atoms with E-state index in [-0.39, 0.29) is 6.61 Å². The summed E-state index contributed by atoms with van der Waals surface area (Å²) in [5, 5.41) is 9.80. The number of hydrogen-bond donors (Lipinski definition) is 2. The second-order valence-electron chi connectivity index (χ2n) is 5.09. The van der Waals surface area contributed by atoms with Crippen LogP contribution in [0.4, 0.5) is 0 Å². The molecule has 3 rings (SSSR count). The molecule has 19 heavy (non-hydrogen) atoms. The third-order valence-corrected chi connectivity index (χ3v) is 3.84. The molecular weight excluding hydrogens is 242 g/mol. The van der Waals surface area contributed by atoms with Crippen LogP contribution in [0.2, 0.25) is 0 Å². The van der Waals surface area contributed by atoms with E-state index in [2.05, 4.69) is 4.98 Å². The third kappa shape index (κ3) is 2.30. The normalized spacial score (nSPS) is 16.0. The van der Waals surface area contributed by atoms with Crippen molar-refractivity contribution in [3.05, 3.63) is 30.0 Å². The van der Waals surface area contributed by atoms with Crippen molar-refractivity contribution in [3.63, 3.8) is 0 Å². The smallest absolute Gasteiger partial charge is 0.341 e. The van der Waals surface area contributed by atoms with Crippen LogP contribution >= 0.6 is 0 Å². The topological polar surface area (TPSA) is 62.3 Å². The number of nitrogens with one attached hydrogen (secondary N) is 1. The Hall–Kier alpha value is -1.97. The van der Waals surface area contributed by atoms with Gasteiger partial charge in [-0.15, -0.1) is 0 Å². The summed E-state index contributed by atoms with van der Waals surface area (Å²) in [6, 6.07) is 5.73. The van der Waals surface area contributed by atoms with Crippen LogP contribution in [0.25, 0.3) is 10.9 Å². The lowest BCUT2D eigenvalue weighted by molar-refractivity contribution is -0.139. The van der Waals surface area contributed by atoms with Gasteiger partial charge in [0.2, 0.25) is 0 Å². The number of aliphatic carboxylic acids is 1. The van der Waals surface area contributed by atoms with E-state index in [1.807, 2.05) is 24.4 Å². The van der Waals surface area contributed by atoms with Crippen LogP contribution in [-0.4, -0.2) is 22.7 Å². The maximum atomic E-state index is 10.7. The number of carboxylic acids is 1. The number of H-pyrrole nitrogens is 1. The summed E-state index contributed by atoms with van der Waals surface area (Å²) < 4.78 is 5.42. The van der Waals surface area contributed by atoms with Crippen molar-refractivity contribution in [2.75, 3.05) is 6.61 Å². The minimum atomic E-state index is -0.949. The SMILES string of the molecule is O=C(O)COc1cccc2[nH]cc(C3CCCC3)c12. The molecule has 0 amide bonds. The van der Waals surface area contributed by atoms with Gasteiger partial charge in [0, 0.05) is 17.1 Å². The number of benzene rings is 1. The molecule has 0 atom stereocenters. The van der Waals surface area contributed by atoms with E-state index in [0.717, 1.165) is 10.9 Å². The molecule has 0 saturated heterocycles. The maximum Gasteiger partial charge on any atom is 0.341 e. The Morgan fingerprint density at radius 2 is 2.16 bits per heavy atom. The van der Waals surface area contributed by atoms with E-state index in [1.165, 1.54) is 31.2 Å². The summed E-state index contributed by atoms with van der Waals surface area (Å²) in [7, 11) is 0. The Kier molecular flexibility index (Phi) is 3.15. The first kappa shape index (κ1) is 12.1. The molecule has 0 aliphatic heterocycles. The Morgan fingerprint density at radius 1 is 1.37 bits per heavy atom. The molecule has 1 aromatic heterocycles.